The molecule has 6 rings (SSSR count). The van der Waals surface area contributed by atoms with E-state index in [2.05, 4.69) is 5.32 Å². The molecule has 2 aliphatic heterocycles. The van der Waals surface area contributed by atoms with Crippen molar-refractivity contribution in [3.05, 3.63) is 104 Å². The molecule has 3 amide bonds. The van der Waals surface area contributed by atoms with Gasteiger partial charge in [0.25, 0.3) is 0 Å². The minimum atomic E-state index is -0.773. The Balaban J connectivity index is 1.41. The van der Waals surface area contributed by atoms with Crippen molar-refractivity contribution in [3.8, 4) is 0 Å². The second-order valence-electron chi connectivity index (χ2n) is 10.6. The molecular weight excluding hydrogens is 575 g/mol. The minimum Gasteiger partial charge on any atom is -0.378 e. The van der Waals surface area contributed by atoms with E-state index in [0.717, 1.165) is 28.2 Å². The maximum Gasteiger partial charge on any atom is 0.308 e. The molecule has 11 heteroatoms. The number of carbonyl (C=O) groups is 3. The number of nitrogens with one attached hydrogen (secondary N) is 1. The molecule has 4 aromatic rings. The van der Waals surface area contributed by atoms with E-state index in [9.17, 15) is 23.6 Å². The van der Waals surface area contributed by atoms with Gasteiger partial charge in [0.05, 0.1) is 16.6 Å². The standard InChI is InChI=1S/C31H27FN4O4S2/c1-17-4-12-22(13-5-17)36-28(38)25-24(18-6-14-21(15-7-18)34(2)3)27-30(41-26(25)29(36)39)35(31(40)42-27)16-23(37)33-20-10-8-19(32)9-11-20/h4-15,24-26H,16H2,1-3H3,(H,33,37). The van der Waals surface area contributed by atoms with Gasteiger partial charge in [0.2, 0.25) is 17.7 Å². The van der Waals surface area contributed by atoms with Crippen molar-refractivity contribution < 1.29 is 18.8 Å². The van der Waals surface area contributed by atoms with Crippen LogP contribution in [0.15, 0.2) is 82.6 Å². The van der Waals surface area contributed by atoms with Crippen molar-refractivity contribution in [3.63, 3.8) is 0 Å². The number of nitrogens with zero attached hydrogens (tertiary/aromatic N) is 3. The van der Waals surface area contributed by atoms with Gasteiger partial charge in [0, 0.05) is 36.3 Å². The number of imide groups is 1. The van der Waals surface area contributed by atoms with E-state index in [1.165, 1.54) is 45.5 Å². The number of hydrogen-bond acceptors (Lipinski definition) is 7. The van der Waals surface area contributed by atoms with Crippen molar-refractivity contribution >= 4 is 57.9 Å². The van der Waals surface area contributed by atoms with Crippen molar-refractivity contribution in [1.82, 2.24) is 4.57 Å². The Morgan fingerprint density at radius 2 is 1.60 bits per heavy atom. The Kier molecular flexibility index (Phi) is 7.24. The number of aromatic nitrogens is 1. The van der Waals surface area contributed by atoms with E-state index in [0.29, 0.717) is 21.3 Å². The van der Waals surface area contributed by atoms with Gasteiger partial charge >= 0.3 is 4.87 Å². The summed E-state index contributed by atoms with van der Waals surface area (Å²) >= 11 is 2.16. The lowest BCUT2D eigenvalue weighted by molar-refractivity contribution is -0.122. The van der Waals surface area contributed by atoms with Crippen LogP contribution in [0.25, 0.3) is 0 Å². The largest absolute Gasteiger partial charge is 0.378 e. The third-order valence-corrected chi connectivity index (χ3v) is 10.1. The molecule has 1 N–H and O–H groups in total. The molecule has 3 atom stereocenters. The maximum absolute atomic E-state index is 14.0. The molecular formula is C31H27FN4O4S2. The lowest BCUT2D eigenvalue weighted by Gasteiger charge is -2.31. The third kappa shape index (κ3) is 4.92. The van der Waals surface area contributed by atoms with Gasteiger partial charge in [0.15, 0.2) is 0 Å². The molecule has 42 heavy (non-hydrogen) atoms. The van der Waals surface area contributed by atoms with Crippen LogP contribution in [0.4, 0.5) is 21.5 Å². The van der Waals surface area contributed by atoms with Gasteiger partial charge in [-0.1, -0.05) is 52.9 Å². The SMILES string of the molecule is Cc1ccc(N2C(=O)C3Sc4c(sc(=O)n4CC(=O)Nc4ccc(F)cc4)C(c4ccc(N(C)C)cc4)C3C2=O)cc1. The molecule has 1 fully saturated rings. The molecule has 3 unspecified atom stereocenters. The highest BCUT2D eigenvalue weighted by atomic mass is 32.2. The van der Waals surface area contributed by atoms with Crippen LogP contribution in [0.5, 0.6) is 0 Å². The van der Waals surface area contributed by atoms with Gasteiger partial charge in [-0.05, 0) is 61.0 Å². The van der Waals surface area contributed by atoms with E-state index >= 15 is 0 Å². The van der Waals surface area contributed by atoms with Gasteiger partial charge in [0.1, 0.15) is 17.6 Å². The summed E-state index contributed by atoms with van der Waals surface area (Å²) in [7, 11) is 3.86. The average molecular weight is 603 g/mol. The Morgan fingerprint density at radius 3 is 2.24 bits per heavy atom. The summed E-state index contributed by atoms with van der Waals surface area (Å²) < 4.78 is 14.7. The normalized spacial score (nSPS) is 19.4. The molecule has 0 bridgehead atoms. The van der Waals surface area contributed by atoms with Gasteiger partial charge in [-0.25, -0.2) is 9.29 Å². The number of thiazole rings is 1. The number of hydrogen-bond donors (Lipinski definition) is 1. The van der Waals surface area contributed by atoms with Gasteiger partial charge in [-0.3, -0.25) is 23.7 Å². The number of anilines is 3. The number of carbonyl (C=O) groups excluding carboxylic acids is 3. The zero-order valence-corrected chi connectivity index (χ0v) is 24.7. The van der Waals surface area contributed by atoms with Crippen molar-refractivity contribution in [2.45, 2.75) is 29.7 Å². The second kappa shape index (κ2) is 10.9. The predicted molar refractivity (Wildman–Crippen MR) is 163 cm³/mol. The average Bonchev–Trinajstić information content (AvgIpc) is 3.41. The van der Waals surface area contributed by atoms with Gasteiger partial charge in [-0.2, -0.15) is 0 Å². The van der Waals surface area contributed by atoms with Crippen LogP contribution in [0.1, 0.15) is 21.9 Å². The van der Waals surface area contributed by atoms with Gasteiger partial charge < -0.3 is 10.2 Å². The first-order valence-electron chi connectivity index (χ1n) is 13.3. The molecule has 0 saturated carbocycles. The molecule has 3 aromatic carbocycles. The number of rotatable bonds is 6. The topological polar surface area (TPSA) is 91.7 Å². The summed E-state index contributed by atoms with van der Waals surface area (Å²) in [6.07, 6.45) is 0. The molecule has 2 aliphatic rings. The quantitative estimate of drug-likeness (QED) is 0.317. The molecule has 0 radical (unpaired) electrons. The van der Waals surface area contributed by atoms with E-state index in [4.69, 9.17) is 0 Å². The fraction of sp³-hybridized carbons (Fsp3) is 0.226. The number of amides is 3. The van der Waals surface area contributed by atoms with E-state index in [-0.39, 0.29) is 23.2 Å². The number of thioether (sulfide) groups is 1. The molecule has 3 heterocycles. The molecule has 214 valence electrons. The Bertz CT molecular complexity index is 1750. The summed E-state index contributed by atoms with van der Waals surface area (Å²) in [5.41, 5.74) is 3.70. The van der Waals surface area contributed by atoms with E-state index in [1.807, 2.05) is 62.3 Å². The van der Waals surface area contributed by atoms with Crippen LogP contribution in [-0.4, -0.2) is 41.6 Å². The molecule has 1 saturated heterocycles. The fourth-order valence-electron chi connectivity index (χ4n) is 5.42. The number of aryl methyl sites for hydroxylation is 1. The smallest absolute Gasteiger partial charge is 0.308 e. The van der Waals surface area contributed by atoms with Crippen LogP contribution in [0.2, 0.25) is 0 Å². The first-order valence-corrected chi connectivity index (χ1v) is 15.0. The van der Waals surface area contributed by atoms with E-state index < -0.39 is 28.8 Å². The van der Waals surface area contributed by atoms with Crippen LogP contribution in [0, 0.1) is 18.7 Å². The first-order chi connectivity index (χ1) is 20.1. The fourth-order valence-corrected chi connectivity index (χ4v) is 8.19. The van der Waals surface area contributed by atoms with Crippen molar-refractivity contribution in [2.75, 3.05) is 29.2 Å². The van der Waals surface area contributed by atoms with Crippen molar-refractivity contribution in [2.24, 2.45) is 5.92 Å². The second-order valence-corrected chi connectivity index (χ2v) is 12.7. The highest BCUT2D eigenvalue weighted by molar-refractivity contribution is 8.00. The number of benzene rings is 3. The summed E-state index contributed by atoms with van der Waals surface area (Å²) in [5.74, 6) is -2.82. The summed E-state index contributed by atoms with van der Waals surface area (Å²) in [5, 5.41) is 2.43. The lowest BCUT2D eigenvalue weighted by Crippen LogP contribution is -2.33. The molecule has 1 aromatic heterocycles. The Hall–Kier alpha value is -4.22. The first kappa shape index (κ1) is 27.9. The molecule has 0 spiro atoms. The van der Waals surface area contributed by atoms with Crippen LogP contribution >= 0.6 is 23.1 Å². The van der Waals surface area contributed by atoms with Crippen molar-refractivity contribution in [1.29, 1.82) is 0 Å². The highest BCUT2D eigenvalue weighted by Crippen LogP contribution is 2.54. The summed E-state index contributed by atoms with van der Waals surface area (Å²) in [6.45, 7) is 1.65. The van der Waals surface area contributed by atoms with Crippen LogP contribution in [-0.2, 0) is 20.9 Å². The Labute approximate surface area is 249 Å². The lowest BCUT2D eigenvalue weighted by atomic mass is 9.83. The summed E-state index contributed by atoms with van der Waals surface area (Å²) in [6, 6.07) is 20.3. The third-order valence-electron chi connectivity index (χ3n) is 7.54. The summed E-state index contributed by atoms with van der Waals surface area (Å²) in [4.78, 5) is 57.7. The monoisotopic (exact) mass is 602 g/mol. The van der Waals surface area contributed by atoms with Crippen LogP contribution in [0.3, 0.4) is 0 Å². The number of halogens is 1. The minimum absolute atomic E-state index is 0.289. The maximum atomic E-state index is 14.0. The zero-order chi connectivity index (χ0) is 29.7. The molecule has 8 nitrogen and oxygen atoms in total. The Morgan fingerprint density at radius 1 is 0.929 bits per heavy atom. The van der Waals surface area contributed by atoms with Crippen LogP contribution < -0.4 is 20.0 Å². The number of fused-ring (bicyclic) bond motifs is 2. The predicted octanol–water partition coefficient (Wildman–Crippen LogP) is 4.86. The van der Waals surface area contributed by atoms with E-state index in [1.54, 1.807) is 12.1 Å². The van der Waals surface area contributed by atoms with Gasteiger partial charge in [-0.15, -0.1) is 0 Å². The highest BCUT2D eigenvalue weighted by Gasteiger charge is 2.56. The zero-order valence-electron chi connectivity index (χ0n) is 23.0. The molecule has 0 aliphatic carbocycles.